The lowest BCUT2D eigenvalue weighted by Crippen LogP contribution is -2.61. The zero-order valence-electron chi connectivity index (χ0n) is 42.5. The molecule has 5 heterocycles. The molecule has 0 bridgehead atoms. The molecule has 0 N–H and O–H groups in total. The maximum atomic E-state index is 2.79. The van der Waals surface area contributed by atoms with Gasteiger partial charge in [-0.2, -0.15) is 0 Å². The largest absolute Gasteiger partial charge is 0.334 e. The van der Waals surface area contributed by atoms with E-state index in [1.165, 1.54) is 144 Å². The zero-order valence-corrected chi connectivity index (χ0v) is 44.1. The average molecular weight is 958 g/mol. The second-order valence-corrected chi connectivity index (χ2v) is 25.9. The van der Waals surface area contributed by atoms with Gasteiger partial charge >= 0.3 is 0 Å². The number of hydrogen-bond acceptors (Lipinski definition) is 5. The maximum absolute atomic E-state index is 2.79. The van der Waals surface area contributed by atoms with Crippen molar-refractivity contribution >= 4 is 132 Å². The summed E-state index contributed by atoms with van der Waals surface area (Å²) in [6, 6.07) is 59.5. The minimum Gasteiger partial charge on any atom is -0.334 e. The summed E-state index contributed by atoms with van der Waals surface area (Å²) in [6.45, 7) is 21.7. The Balaban J connectivity index is 1.06. The monoisotopic (exact) mass is 957 g/mol. The molecule has 0 saturated heterocycles. The van der Waals surface area contributed by atoms with Gasteiger partial charge in [0.2, 0.25) is 0 Å². The number of fused-ring (bicyclic) bond motifs is 13. The molecule has 4 aliphatic rings. The molecule has 71 heavy (non-hydrogen) atoms. The first-order chi connectivity index (χ1) is 34.1. The molecular formula is C65H60BN3S2. The number of rotatable bonds is 3. The van der Waals surface area contributed by atoms with Crippen LogP contribution in [-0.4, -0.2) is 12.3 Å². The predicted octanol–water partition coefficient (Wildman–Crippen LogP) is 17.2. The van der Waals surface area contributed by atoms with Gasteiger partial charge in [0, 0.05) is 80.9 Å². The fraction of sp³-hybridized carbons (Fsp3) is 0.262. The van der Waals surface area contributed by atoms with E-state index in [1.807, 2.05) is 22.7 Å². The molecule has 350 valence electrons. The molecule has 0 amide bonds. The van der Waals surface area contributed by atoms with Gasteiger partial charge in [-0.3, -0.25) is 0 Å². The highest BCUT2D eigenvalue weighted by Crippen LogP contribution is 2.62. The molecule has 6 heteroatoms. The lowest BCUT2D eigenvalue weighted by Gasteiger charge is -2.50. The molecule has 8 aromatic carbocycles. The van der Waals surface area contributed by atoms with Crippen LogP contribution in [0, 0.1) is 6.92 Å². The van der Waals surface area contributed by atoms with E-state index in [4.69, 9.17) is 0 Å². The minimum absolute atomic E-state index is 0.0138. The normalized spacial score (nSPS) is 19.4. The van der Waals surface area contributed by atoms with Crippen molar-refractivity contribution in [3.05, 3.63) is 174 Å². The van der Waals surface area contributed by atoms with E-state index >= 15 is 0 Å². The quantitative estimate of drug-likeness (QED) is 0.163. The molecule has 3 nitrogen and oxygen atoms in total. The zero-order chi connectivity index (χ0) is 48.5. The van der Waals surface area contributed by atoms with Crippen LogP contribution in [-0.2, 0) is 16.2 Å². The van der Waals surface area contributed by atoms with Gasteiger partial charge in [0.05, 0.1) is 15.9 Å². The predicted molar refractivity (Wildman–Crippen MR) is 311 cm³/mol. The lowest BCUT2D eigenvalue weighted by atomic mass is 9.33. The number of thiophene rings is 2. The first-order valence-electron chi connectivity index (χ1n) is 25.9. The van der Waals surface area contributed by atoms with Crippen molar-refractivity contribution in [2.75, 3.05) is 14.7 Å². The Bertz CT molecular complexity index is 3900. The van der Waals surface area contributed by atoms with Crippen LogP contribution in [0.4, 0.5) is 45.5 Å². The summed E-state index contributed by atoms with van der Waals surface area (Å²) >= 11 is 3.83. The molecular weight excluding hydrogens is 898 g/mol. The minimum atomic E-state index is -0.0833. The van der Waals surface area contributed by atoms with E-state index in [1.54, 1.807) is 0 Å². The van der Waals surface area contributed by atoms with E-state index in [0.29, 0.717) is 0 Å². The first kappa shape index (κ1) is 43.5. The fourth-order valence-electron chi connectivity index (χ4n) is 13.6. The standard InChI is InChI=1S/C65H60BN3S2/c1-39-33-55-60-56(34-39)68(53-20-16-19-47-45-18-11-13-22-58(45)71-61(47)53)54-37-43(69-51-29-23-40(62(2,3)4)35-48(51)64(8)31-14-15-32-65(64,69)9)26-28-49(54)66(60)50-36-41(63(5,6)7)24-30-52(50)67(55)42-25-27-46-44-17-10-12-21-57(44)70-59(46)38-42/h10-13,16-30,33-38H,14-15,31-32H2,1-9H3. The molecule has 2 unspecified atom stereocenters. The molecule has 10 aromatic rings. The van der Waals surface area contributed by atoms with Crippen molar-refractivity contribution in [3.8, 4) is 0 Å². The smallest absolute Gasteiger partial charge is 0.252 e. The first-order valence-corrected chi connectivity index (χ1v) is 27.5. The Hall–Kier alpha value is -6.34. The van der Waals surface area contributed by atoms with Gasteiger partial charge in [0.15, 0.2) is 0 Å². The summed E-state index contributed by atoms with van der Waals surface area (Å²) in [5.74, 6) is 0. The van der Waals surface area contributed by atoms with E-state index in [0.717, 1.165) is 6.42 Å². The molecule has 14 rings (SSSR count). The number of hydrogen-bond donors (Lipinski definition) is 0. The van der Waals surface area contributed by atoms with Crippen molar-refractivity contribution < 1.29 is 0 Å². The SMILES string of the molecule is Cc1cc2c3c(c1)N(c1cccc4c1sc1ccccc14)c1cc(N4c5ccc(C(C)(C)C)cc5C5(C)CCCCC45C)ccc1B3c1cc(C(C)(C)C)ccc1N2c1ccc2c(c1)sc1ccccc12. The third-order valence-corrected chi connectivity index (χ3v) is 19.9. The third-order valence-electron chi connectivity index (χ3n) is 17.5. The molecule has 2 atom stereocenters. The van der Waals surface area contributed by atoms with Gasteiger partial charge in [0.25, 0.3) is 6.71 Å². The van der Waals surface area contributed by atoms with Crippen LogP contribution in [0.15, 0.2) is 152 Å². The van der Waals surface area contributed by atoms with Crippen LogP contribution < -0.4 is 31.1 Å². The van der Waals surface area contributed by atoms with E-state index < -0.39 is 0 Å². The Labute approximate surface area is 427 Å². The maximum Gasteiger partial charge on any atom is 0.252 e. The average Bonchev–Trinajstić information content (AvgIpc) is 3.99. The number of benzene rings is 8. The van der Waals surface area contributed by atoms with Gasteiger partial charge < -0.3 is 14.7 Å². The molecule has 2 aromatic heterocycles. The van der Waals surface area contributed by atoms with Crippen molar-refractivity contribution in [1.82, 2.24) is 0 Å². The van der Waals surface area contributed by atoms with E-state index in [9.17, 15) is 0 Å². The summed E-state index contributed by atoms with van der Waals surface area (Å²) < 4.78 is 5.30. The lowest BCUT2D eigenvalue weighted by molar-refractivity contribution is 0.195. The molecule has 0 spiro atoms. The van der Waals surface area contributed by atoms with Gasteiger partial charge in [-0.1, -0.05) is 146 Å². The number of nitrogens with zero attached hydrogens (tertiary/aromatic N) is 3. The van der Waals surface area contributed by atoms with Gasteiger partial charge in [-0.05, 0) is 143 Å². The summed E-state index contributed by atoms with van der Waals surface area (Å²) in [5.41, 5.74) is 19.8. The highest BCUT2D eigenvalue weighted by atomic mass is 32.1. The summed E-state index contributed by atoms with van der Waals surface area (Å²) in [5, 5.41) is 5.29. The number of anilines is 8. The van der Waals surface area contributed by atoms with Crippen LogP contribution in [0.5, 0.6) is 0 Å². The van der Waals surface area contributed by atoms with Gasteiger partial charge in [0.1, 0.15) is 0 Å². The van der Waals surface area contributed by atoms with Crippen molar-refractivity contribution in [2.24, 2.45) is 0 Å². The molecule has 1 saturated carbocycles. The van der Waals surface area contributed by atoms with Crippen LogP contribution in [0.25, 0.3) is 40.3 Å². The van der Waals surface area contributed by atoms with Crippen LogP contribution in [0.3, 0.4) is 0 Å². The molecule has 1 aliphatic carbocycles. The Morgan fingerprint density at radius 2 is 1.11 bits per heavy atom. The van der Waals surface area contributed by atoms with Crippen LogP contribution in [0.1, 0.15) is 103 Å². The summed E-state index contributed by atoms with van der Waals surface area (Å²) in [6.07, 6.45) is 4.86. The third kappa shape index (κ3) is 6.07. The number of aryl methyl sites for hydroxylation is 1. The Morgan fingerprint density at radius 3 is 1.87 bits per heavy atom. The highest BCUT2D eigenvalue weighted by molar-refractivity contribution is 7.26. The highest BCUT2D eigenvalue weighted by Gasteiger charge is 2.58. The van der Waals surface area contributed by atoms with Crippen molar-refractivity contribution in [3.63, 3.8) is 0 Å². The van der Waals surface area contributed by atoms with Crippen molar-refractivity contribution in [2.45, 2.75) is 110 Å². The van der Waals surface area contributed by atoms with E-state index in [2.05, 4.69) is 229 Å². The molecule has 1 fully saturated rings. The summed E-state index contributed by atoms with van der Waals surface area (Å²) in [7, 11) is 0. The van der Waals surface area contributed by atoms with Crippen molar-refractivity contribution in [1.29, 1.82) is 0 Å². The van der Waals surface area contributed by atoms with Gasteiger partial charge in [-0.15, -0.1) is 22.7 Å². The van der Waals surface area contributed by atoms with Gasteiger partial charge in [-0.25, -0.2) is 0 Å². The van der Waals surface area contributed by atoms with E-state index in [-0.39, 0.29) is 28.5 Å². The van der Waals surface area contributed by atoms with Crippen LogP contribution >= 0.6 is 22.7 Å². The Morgan fingerprint density at radius 1 is 0.479 bits per heavy atom. The molecule has 0 radical (unpaired) electrons. The fourth-order valence-corrected chi connectivity index (χ4v) is 16.0. The Kier molecular flexibility index (Phi) is 9.10. The summed E-state index contributed by atoms with van der Waals surface area (Å²) in [4.78, 5) is 8.08. The second-order valence-electron chi connectivity index (χ2n) is 23.7. The second kappa shape index (κ2) is 14.9. The molecule has 3 aliphatic heterocycles. The van der Waals surface area contributed by atoms with Crippen LogP contribution in [0.2, 0.25) is 0 Å². The topological polar surface area (TPSA) is 9.72 Å².